The van der Waals surface area contributed by atoms with E-state index in [1.807, 2.05) is 78.9 Å². The number of hydrogen-bond acceptors (Lipinski definition) is 12. The maximum absolute atomic E-state index is 9.44. The number of pyridine rings is 3. The molecule has 18 aromatic rings. The second kappa shape index (κ2) is 32.9. The van der Waals surface area contributed by atoms with E-state index in [0.29, 0.717) is 16.8 Å². The fraction of sp³-hybridized carbons (Fsp3) is 0. The average Bonchev–Trinajstić information content (AvgIpc) is 0.743. The molecule has 21 rings (SSSR count). The summed E-state index contributed by atoms with van der Waals surface area (Å²) in [6, 6.07) is 153. The van der Waals surface area contributed by atoms with Gasteiger partial charge in [-0.15, -0.1) is 0 Å². The summed E-state index contributed by atoms with van der Waals surface area (Å²) >= 11 is 0. The van der Waals surface area contributed by atoms with Crippen LogP contribution in [0.15, 0.2) is 437 Å². The molecule has 0 N–H and O–H groups in total. The molecule has 15 aromatic carbocycles. The normalized spacial score (nSPS) is 11.9. The van der Waals surface area contributed by atoms with Crippen LogP contribution in [0.1, 0.15) is 16.8 Å². The number of hydrogen-bond donors (Lipinski definition) is 0. The van der Waals surface area contributed by atoms with Crippen molar-refractivity contribution < 1.29 is 0 Å². The molecule has 12 nitrogen and oxygen atoms in total. The molecule has 0 fully saturated rings. The van der Waals surface area contributed by atoms with Crippen LogP contribution in [-0.2, 0) is 0 Å². The Bertz CT molecular complexity index is 6550. The molecule has 0 aliphatic carbocycles. The standard InChI is InChI=1S/3C36H24N4/c37-25-27-13-11-19-32(38-27)31-18-5-4-17-30(31)26-12-10-16-29(24-26)40-35-22-8-6-20-33(35)39(28-14-2-1-3-15-28)34-21-7-9-23-36(34)40;37-24-26-21-22-32(38-25-26)31-16-5-4-15-30(31)27-11-10-14-29(23-27)40-35-19-8-6-17-33(35)39(28-12-2-1-3-13-28)34-18-7-9-20-36(34)40;37-25-26-21-22-38-32(23-26)31-16-5-4-15-30(31)27-11-10-14-29(24-27)40-35-19-8-6-17-33(35)39(28-12-2-1-3-13-28)34-18-7-9-20-36(34)40/h1-24H;1-23,25H;1-24H. The van der Waals surface area contributed by atoms with Crippen LogP contribution in [0.4, 0.5) is 102 Å². The molecule has 3 aliphatic rings. The molecule has 0 amide bonds. The lowest BCUT2D eigenvalue weighted by Crippen LogP contribution is -2.23. The SMILES string of the molecule is N#Cc1ccc(-c2ccccc2-c2cccc(N3c4ccccc4N(c4ccccc4)c4ccccc43)c2)nc1.N#Cc1cccc(-c2ccccc2-c2cccc(N3c4ccccc4N(c4ccccc4)c4ccccc43)c2)n1.N#Cc1ccnc(-c2ccccc2-c2cccc(N3c4ccccc4N(c4ccccc4)c4ccccc43)c2)c1. The van der Waals surface area contributed by atoms with Crippen molar-refractivity contribution in [1.29, 1.82) is 15.8 Å². The monoisotopic (exact) mass is 1540 g/mol. The molecule has 0 saturated carbocycles. The maximum Gasteiger partial charge on any atom is 0.141 e. The average molecular weight is 1540 g/mol. The van der Waals surface area contributed by atoms with Crippen molar-refractivity contribution >= 4 is 102 Å². The highest BCUT2D eigenvalue weighted by Gasteiger charge is 2.34. The van der Waals surface area contributed by atoms with Crippen molar-refractivity contribution in [2.24, 2.45) is 0 Å². The Hall–Kier alpha value is -17.0. The van der Waals surface area contributed by atoms with Gasteiger partial charge in [-0.3, -0.25) is 9.97 Å². The zero-order valence-electron chi connectivity index (χ0n) is 64.9. The number of nitrogens with zero attached hydrogens (tertiary/aromatic N) is 12. The predicted octanol–water partition coefficient (Wildman–Crippen LogP) is 28.6. The molecule has 3 aliphatic heterocycles. The quantitative estimate of drug-likeness (QED) is 0.115. The smallest absolute Gasteiger partial charge is 0.141 e. The van der Waals surface area contributed by atoms with Crippen LogP contribution in [0.3, 0.4) is 0 Å². The summed E-state index contributed by atoms with van der Waals surface area (Å²) < 4.78 is 0. The highest BCUT2D eigenvalue weighted by Crippen LogP contribution is 2.58. The van der Waals surface area contributed by atoms with Crippen LogP contribution in [0.5, 0.6) is 0 Å². The molecule has 0 bridgehead atoms. The first-order valence-corrected chi connectivity index (χ1v) is 39.6. The molecule has 12 heteroatoms. The number of aromatic nitrogens is 3. The van der Waals surface area contributed by atoms with Crippen molar-refractivity contribution in [3.63, 3.8) is 0 Å². The number of nitriles is 3. The van der Waals surface area contributed by atoms with Gasteiger partial charge in [0.2, 0.25) is 0 Å². The Morgan fingerprint density at radius 3 is 0.792 bits per heavy atom. The summed E-state index contributed by atoms with van der Waals surface area (Å²) in [5, 5.41) is 28.1. The Labute approximate surface area is 697 Å². The van der Waals surface area contributed by atoms with Crippen molar-refractivity contribution in [3.05, 3.63) is 454 Å². The van der Waals surface area contributed by atoms with Gasteiger partial charge >= 0.3 is 0 Å². The molecule has 0 saturated heterocycles. The number of rotatable bonds is 12. The highest BCUT2D eigenvalue weighted by molar-refractivity contribution is 6.06. The van der Waals surface area contributed by atoms with E-state index < -0.39 is 0 Å². The fourth-order valence-electron chi connectivity index (χ4n) is 16.5. The molecule has 0 atom stereocenters. The summed E-state index contributed by atoms with van der Waals surface area (Å²) in [6.07, 6.45) is 3.32. The van der Waals surface area contributed by atoms with Crippen LogP contribution >= 0.6 is 0 Å². The summed E-state index contributed by atoms with van der Waals surface area (Å²) in [5.74, 6) is 0. The van der Waals surface area contributed by atoms with E-state index in [1.165, 1.54) is 0 Å². The Morgan fingerprint density at radius 1 is 0.192 bits per heavy atom. The van der Waals surface area contributed by atoms with Gasteiger partial charge in [0.15, 0.2) is 0 Å². The van der Waals surface area contributed by atoms with E-state index in [2.05, 4.69) is 396 Å². The molecule has 0 spiro atoms. The van der Waals surface area contributed by atoms with Gasteiger partial charge in [-0.05, 0) is 215 Å². The highest BCUT2D eigenvalue weighted by atomic mass is 15.3. The van der Waals surface area contributed by atoms with Gasteiger partial charge < -0.3 is 29.4 Å². The molecule has 6 heterocycles. The van der Waals surface area contributed by atoms with Gasteiger partial charge in [0, 0.05) is 63.2 Å². The third-order valence-corrected chi connectivity index (χ3v) is 21.7. The van der Waals surface area contributed by atoms with Crippen LogP contribution in [0.2, 0.25) is 0 Å². The minimum Gasteiger partial charge on any atom is -0.306 e. The first-order chi connectivity index (χ1) is 59.4. The molecule has 3 aromatic heterocycles. The van der Waals surface area contributed by atoms with E-state index in [1.54, 1.807) is 24.5 Å². The molecule has 0 radical (unpaired) electrons. The summed E-state index contributed by atoms with van der Waals surface area (Å²) in [7, 11) is 0. The Morgan fingerprint density at radius 2 is 0.475 bits per heavy atom. The van der Waals surface area contributed by atoms with Crippen LogP contribution in [0, 0.1) is 34.0 Å². The van der Waals surface area contributed by atoms with Crippen molar-refractivity contribution in [3.8, 4) is 85.4 Å². The van der Waals surface area contributed by atoms with E-state index >= 15 is 0 Å². The van der Waals surface area contributed by atoms with Gasteiger partial charge in [-0.2, -0.15) is 15.8 Å². The summed E-state index contributed by atoms with van der Waals surface area (Å²) in [6.45, 7) is 0. The van der Waals surface area contributed by atoms with Crippen molar-refractivity contribution in [2.45, 2.75) is 0 Å². The fourth-order valence-corrected chi connectivity index (χ4v) is 16.5. The van der Waals surface area contributed by atoms with Gasteiger partial charge in [0.25, 0.3) is 0 Å². The van der Waals surface area contributed by atoms with Crippen molar-refractivity contribution in [2.75, 3.05) is 29.4 Å². The number of fused-ring (bicyclic) bond motifs is 6. The van der Waals surface area contributed by atoms with E-state index in [9.17, 15) is 15.8 Å². The van der Waals surface area contributed by atoms with Gasteiger partial charge in [-0.1, -0.05) is 243 Å². The Balaban J connectivity index is 0.000000119. The van der Waals surface area contributed by atoms with Gasteiger partial charge in [-0.25, -0.2) is 4.98 Å². The van der Waals surface area contributed by atoms with Gasteiger partial charge in [0.05, 0.1) is 103 Å². The first-order valence-electron chi connectivity index (χ1n) is 39.6. The molecular weight excluding hydrogens is 1470 g/mol. The predicted molar refractivity (Wildman–Crippen MR) is 488 cm³/mol. The number of benzene rings is 15. The summed E-state index contributed by atoms with van der Waals surface area (Å²) in [4.78, 5) is 27.7. The first kappa shape index (κ1) is 73.2. The minimum absolute atomic E-state index is 0.408. The topological polar surface area (TPSA) is 129 Å². The number of para-hydroxylation sites is 15. The lowest BCUT2D eigenvalue weighted by atomic mass is 9.96. The van der Waals surface area contributed by atoms with E-state index in [0.717, 1.165) is 170 Å². The number of anilines is 18. The molecular formula is C108H72N12. The van der Waals surface area contributed by atoms with Crippen LogP contribution in [-0.4, -0.2) is 15.0 Å². The zero-order valence-corrected chi connectivity index (χ0v) is 64.9. The minimum atomic E-state index is 0.408. The second-order valence-corrected chi connectivity index (χ2v) is 28.8. The van der Waals surface area contributed by atoms with E-state index in [-0.39, 0.29) is 0 Å². The second-order valence-electron chi connectivity index (χ2n) is 28.8. The third-order valence-electron chi connectivity index (χ3n) is 21.7. The molecule has 0 unspecified atom stereocenters. The zero-order chi connectivity index (χ0) is 80.7. The Kier molecular flexibility index (Phi) is 20.0. The maximum atomic E-state index is 9.44. The van der Waals surface area contributed by atoms with E-state index in [4.69, 9.17) is 0 Å². The van der Waals surface area contributed by atoms with Crippen LogP contribution < -0.4 is 29.4 Å². The van der Waals surface area contributed by atoms with Crippen LogP contribution in [0.25, 0.3) is 67.2 Å². The molecule has 564 valence electrons. The third kappa shape index (κ3) is 14.1. The lowest BCUT2D eigenvalue weighted by molar-refractivity contribution is 1.17. The largest absolute Gasteiger partial charge is 0.306 e. The van der Waals surface area contributed by atoms with Gasteiger partial charge in [0.1, 0.15) is 17.8 Å². The molecule has 120 heavy (non-hydrogen) atoms. The lowest BCUT2D eigenvalue weighted by Gasteiger charge is -2.40. The summed E-state index contributed by atoms with van der Waals surface area (Å²) in [5.41, 5.74) is 33.4. The van der Waals surface area contributed by atoms with Crippen molar-refractivity contribution in [1.82, 2.24) is 15.0 Å².